The maximum Gasteiger partial charge on any atom is 0.421 e. The molecule has 2 aliphatic rings. The average molecular weight is 325 g/mol. The van der Waals surface area contributed by atoms with Gasteiger partial charge in [0.15, 0.2) is 5.76 Å². The number of nitrogens with zero attached hydrogens (tertiary/aromatic N) is 1. The van der Waals surface area contributed by atoms with Crippen LogP contribution in [-0.2, 0) is 0 Å². The largest absolute Gasteiger partial charge is 0.459 e. The van der Waals surface area contributed by atoms with E-state index < -0.39 is 47.9 Å². The standard InChI is InChI=1S/C13H9F6NO2/c14-12(15,16)11(13(17,18)19)7-3-4-8(6-7)20(11)10(21)9-2-1-5-22-9/h1-5,7-8H,6H2/t7-,8+/m0/s1. The van der Waals surface area contributed by atoms with Crippen molar-refractivity contribution in [2.75, 3.05) is 0 Å². The summed E-state index contributed by atoms with van der Waals surface area (Å²) in [5, 5.41) is 0. The summed E-state index contributed by atoms with van der Waals surface area (Å²) in [6, 6.07) is 1.00. The van der Waals surface area contributed by atoms with Gasteiger partial charge in [0, 0.05) is 5.92 Å². The molecule has 1 fully saturated rings. The lowest BCUT2D eigenvalue weighted by Gasteiger charge is -2.45. The average Bonchev–Trinajstić information content (AvgIpc) is 3.09. The molecule has 1 aromatic heterocycles. The van der Waals surface area contributed by atoms with E-state index in [4.69, 9.17) is 0 Å². The Labute approximate surface area is 120 Å². The van der Waals surface area contributed by atoms with Gasteiger partial charge in [0.25, 0.3) is 5.91 Å². The topological polar surface area (TPSA) is 33.5 Å². The maximum atomic E-state index is 13.4. The number of hydrogen-bond donors (Lipinski definition) is 0. The molecule has 2 heterocycles. The van der Waals surface area contributed by atoms with E-state index in [0.29, 0.717) is 0 Å². The third-order valence-corrected chi connectivity index (χ3v) is 4.12. The molecule has 0 saturated carbocycles. The molecule has 1 saturated heterocycles. The van der Waals surface area contributed by atoms with Crippen molar-refractivity contribution >= 4 is 5.91 Å². The van der Waals surface area contributed by atoms with E-state index in [0.717, 1.165) is 18.4 Å². The predicted octanol–water partition coefficient (Wildman–Crippen LogP) is 3.54. The molecule has 120 valence electrons. The SMILES string of the molecule is O=C(c1ccco1)N1[C@@H]2C=C[C@@H](C2)C1(C(F)(F)F)C(F)(F)F. The zero-order chi connectivity index (χ0) is 16.3. The number of hydrogen-bond acceptors (Lipinski definition) is 2. The molecule has 0 radical (unpaired) electrons. The second-order valence-electron chi connectivity index (χ2n) is 5.21. The third-order valence-electron chi connectivity index (χ3n) is 4.12. The van der Waals surface area contributed by atoms with Crippen LogP contribution >= 0.6 is 0 Å². The first kappa shape index (κ1) is 15.0. The summed E-state index contributed by atoms with van der Waals surface area (Å²) in [5.74, 6) is -3.83. The van der Waals surface area contributed by atoms with Gasteiger partial charge in [-0.25, -0.2) is 0 Å². The van der Waals surface area contributed by atoms with Crippen LogP contribution in [0.2, 0.25) is 0 Å². The molecular weight excluding hydrogens is 316 g/mol. The molecule has 0 spiro atoms. The van der Waals surface area contributed by atoms with Crippen LogP contribution in [-0.4, -0.2) is 34.7 Å². The Morgan fingerprint density at radius 2 is 1.82 bits per heavy atom. The van der Waals surface area contributed by atoms with Gasteiger partial charge in [-0.1, -0.05) is 12.2 Å². The van der Waals surface area contributed by atoms with Crippen LogP contribution in [0.4, 0.5) is 26.3 Å². The number of carbonyl (C=O) groups excluding carboxylic acids is 1. The summed E-state index contributed by atoms with van der Waals surface area (Å²) >= 11 is 0. The summed E-state index contributed by atoms with van der Waals surface area (Å²) < 4.78 is 85.3. The lowest BCUT2D eigenvalue weighted by Crippen LogP contribution is -2.70. The Morgan fingerprint density at radius 1 is 1.18 bits per heavy atom. The number of fused-ring (bicyclic) bond motifs is 2. The van der Waals surface area contributed by atoms with Crippen LogP contribution in [0, 0.1) is 5.92 Å². The van der Waals surface area contributed by atoms with Gasteiger partial charge < -0.3 is 9.32 Å². The molecule has 1 aliphatic heterocycles. The highest BCUT2D eigenvalue weighted by Crippen LogP contribution is 2.60. The van der Waals surface area contributed by atoms with E-state index in [9.17, 15) is 31.1 Å². The molecule has 2 bridgehead atoms. The first-order valence-electron chi connectivity index (χ1n) is 6.29. The Kier molecular flexibility index (Phi) is 2.93. The van der Waals surface area contributed by atoms with Crippen molar-refractivity contribution in [3.63, 3.8) is 0 Å². The lowest BCUT2D eigenvalue weighted by atomic mass is 9.83. The van der Waals surface area contributed by atoms with Crippen molar-refractivity contribution < 1.29 is 35.6 Å². The molecule has 0 aromatic carbocycles. The zero-order valence-electron chi connectivity index (χ0n) is 10.8. The Balaban J connectivity index is 2.18. The second kappa shape index (κ2) is 4.30. The summed E-state index contributed by atoms with van der Waals surface area (Å²) in [7, 11) is 0. The highest BCUT2D eigenvalue weighted by Gasteiger charge is 2.81. The molecule has 22 heavy (non-hydrogen) atoms. The molecule has 1 aliphatic carbocycles. The molecule has 1 aromatic rings. The third kappa shape index (κ3) is 1.67. The Morgan fingerprint density at radius 3 is 2.32 bits per heavy atom. The molecule has 3 rings (SSSR count). The highest BCUT2D eigenvalue weighted by atomic mass is 19.4. The minimum absolute atomic E-state index is 0.128. The van der Waals surface area contributed by atoms with Gasteiger partial charge >= 0.3 is 12.4 Å². The van der Waals surface area contributed by atoms with Crippen molar-refractivity contribution in [1.29, 1.82) is 0 Å². The Bertz CT molecular complexity index is 601. The number of amides is 1. The summed E-state index contributed by atoms with van der Waals surface area (Å²) in [5.41, 5.74) is -4.22. The number of rotatable bonds is 1. The highest BCUT2D eigenvalue weighted by molar-refractivity contribution is 5.93. The number of alkyl halides is 6. The fourth-order valence-electron chi connectivity index (χ4n) is 3.31. The van der Waals surface area contributed by atoms with Gasteiger partial charge in [-0.3, -0.25) is 4.79 Å². The lowest BCUT2D eigenvalue weighted by molar-refractivity contribution is -0.336. The van der Waals surface area contributed by atoms with E-state index in [2.05, 4.69) is 4.42 Å². The number of carbonyl (C=O) groups is 1. The molecule has 3 nitrogen and oxygen atoms in total. The summed E-state index contributed by atoms with van der Waals surface area (Å²) in [4.78, 5) is 12.1. The molecule has 2 atom stereocenters. The van der Waals surface area contributed by atoms with Crippen molar-refractivity contribution in [2.24, 2.45) is 5.92 Å². The minimum atomic E-state index is -5.66. The normalized spacial score (nSPS) is 26.7. The summed E-state index contributed by atoms with van der Waals surface area (Å²) in [6.07, 6.45) is -8.63. The van der Waals surface area contributed by atoms with Crippen molar-refractivity contribution in [3.05, 3.63) is 36.3 Å². The van der Waals surface area contributed by atoms with Gasteiger partial charge in [-0.2, -0.15) is 26.3 Å². The van der Waals surface area contributed by atoms with Crippen LogP contribution in [0.1, 0.15) is 17.0 Å². The van der Waals surface area contributed by atoms with E-state index in [-0.39, 0.29) is 4.90 Å². The monoisotopic (exact) mass is 325 g/mol. The number of likely N-dealkylation sites (tertiary alicyclic amines) is 1. The zero-order valence-corrected chi connectivity index (χ0v) is 10.8. The molecule has 1 amide bonds. The van der Waals surface area contributed by atoms with Gasteiger partial charge in [0.2, 0.25) is 5.54 Å². The van der Waals surface area contributed by atoms with Crippen LogP contribution in [0.15, 0.2) is 35.0 Å². The van der Waals surface area contributed by atoms with Crippen molar-refractivity contribution in [2.45, 2.75) is 30.4 Å². The molecule has 9 heteroatoms. The van der Waals surface area contributed by atoms with Crippen LogP contribution in [0.25, 0.3) is 0 Å². The molecule has 0 unspecified atom stereocenters. The fraction of sp³-hybridized carbons (Fsp3) is 0.462. The quantitative estimate of drug-likeness (QED) is 0.584. The smallest absolute Gasteiger partial charge is 0.421 e. The van der Waals surface area contributed by atoms with E-state index in [1.165, 1.54) is 12.1 Å². The van der Waals surface area contributed by atoms with E-state index >= 15 is 0 Å². The van der Waals surface area contributed by atoms with Crippen LogP contribution in [0.5, 0.6) is 0 Å². The van der Waals surface area contributed by atoms with E-state index in [1.54, 1.807) is 0 Å². The first-order chi connectivity index (χ1) is 10.1. The Hall–Kier alpha value is -1.93. The maximum absolute atomic E-state index is 13.4. The molecular formula is C13H9F6NO2. The van der Waals surface area contributed by atoms with Crippen LogP contribution < -0.4 is 0 Å². The van der Waals surface area contributed by atoms with E-state index in [1.807, 2.05) is 0 Å². The van der Waals surface area contributed by atoms with Crippen molar-refractivity contribution in [3.8, 4) is 0 Å². The fourth-order valence-corrected chi connectivity index (χ4v) is 3.31. The van der Waals surface area contributed by atoms with Gasteiger partial charge in [-0.05, 0) is 18.6 Å². The second-order valence-corrected chi connectivity index (χ2v) is 5.21. The van der Waals surface area contributed by atoms with Gasteiger partial charge in [-0.15, -0.1) is 0 Å². The first-order valence-corrected chi connectivity index (χ1v) is 6.29. The predicted molar refractivity (Wildman–Crippen MR) is 60.8 cm³/mol. The van der Waals surface area contributed by atoms with Crippen LogP contribution in [0.3, 0.4) is 0 Å². The van der Waals surface area contributed by atoms with Crippen molar-refractivity contribution in [1.82, 2.24) is 4.90 Å². The van der Waals surface area contributed by atoms with Gasteiger partial charge in [0.05, 0.1) is 12.3 Å². The van der Waals surface area contributed by atoms with Gasteiger partial charge in [0.1, 0.15) is 0 Å². The summed E-state index contributed by atoms with van der Waals surface area (Å²) in [6.45, 7) is 0. The minimum Gasteiger partial charge on any atom is -0.459 e. The molecule has 0 N–H and O–H groups in total. The number of furan rings is 1. The number of halogens is 6.